The first-order chi connectivity index (χ1) is 10.7. The molecule has 0 fully saturated rings. The average Bonchev–Trinajstić information content (AvgIpc) is 2.44. The number of hydrogen-bond acceptors (Lipinski definition) is 5. The van der Waals surface area contributed by atoms with E-state index in [4.69, 9.17) is 9.47 Å². The standard InChI is InChI=1S/C16H24N2O5/c1-11(22-13-7-5-12(19)6-8-13)14(20)17-9-10-18-15(21)23-16(2,3)4/h5-8,11,19H,9-10H2,1-4H3,(H,17,20)(H,18,21). The number of benzene rings is 1. The first kappa shape index (κ1) is 18.6. The summed E-state index contributed by atoms with van der Waals surface area (Å²) in [6.07, 6.45) is -1.22. The Labute approximate surface area is 136 Å². The molecule has 0 bridgehead atoms. The molecule has 7 nitrogen and oxygen atoms in total. The zero-order valence-corrected chi connectivity index (χ0v) is 13.9. The molecule has 0 radical (unpaired) electrons. The van der Waals surface area contributed by atoms with Crippen LogP contribution in [-0.4, -0.2) is 41.9 Å². The van der Waals surface area contributed by atoms with Crippen molar-refractivity contribution >= 4 is 12.0 Å². The molecule has 128 valence electrons. The zero-order valence-electron chi connectivity index (χ0n) is 13.9. The number of hydrogen-bond donors (Lipinski definition) is 3. The summed E-state index contributed by atoms with van der Waals surface area (Å²) in [6.45, 7) is 7.46. The monoisotopic (exact) mass is 324 g/mol. The third kappa shape index (κ3) is 7.94. The van der Waals surface area contributed by atoms with Crippen LogP contribution in [0.4, 0.5) is 4.79 Å². The summed E-state index contributed by atoms with van der Waals surface area (Å²) in [4.78, 5) is 23.3. The molecule has 1 aromatic carbocycles. The minimum Gasteiger partial charge on any atom is -0.508 e. The lowest BCUT2D eigenvalue weighted by Crippen LogP contribution is -2.41. The van der Waals surface area contributed by atoms with E-state index in [1.54, 1.807) is 39.8 Å². The van der Waals surface area contributed by atoms with E-state index < -0.39 is 17.8 Å². The molecule has 0 aliphatic heterocycles. The van der Waals surface area contributed by atoms with Gasteiger partial charge in [0.25, 0.3) is 5.91 Å². The highest BCUT2D eigenvalue weighted by Gasteiger charge is 2.16. The largest absolute Gasteiger partial charge is 0.508 e. The van der Waals surface area contributed by atoms with Crippen molar-refractivity contribution in [1.82, 2.24) is 10.6 Å². The molecular formula is C16H24N2O5. The van der Waals surface area contributed by atoms with Crippen LogP contribution in [0.25, 0.3) is 0 Å². The molecule has 1 aromatic rings. The van der Waals surface area contributed by atoms with E-state index in [1.807, 2.05) is 0 Å². The number of amides is 2. The molecule has 23 heavy (non-hydrogen) atoms. The van der Waals surface area contributed by atoms with Crippen LogP contribution in [0.3, 0.4) is 0 Å². The SMILES string of the molecule is CC(Oc1ccc(O)cc1)C(=O)NCCNC(=O)OC(C)(C)C. The van der Waals surface area contributed by atoms with Gasteiger partial charge in [0.05, 0.1) is 0 Å². The second-order valence-electron chi connectivity index (χ2n) is 5.97. The quantitative estimate of drug-likeness (QED) is 0.693. The van der Waals surface area contributed by atoms with Gasteiger partial charge in [-0.1, -0.05) is 0 Å². The number of carbonyl (C=O) groups excluding carboxylic acids is 2. The number of rotatable bonds is 6. The van der Waals surface area contributed by atoms with Gasteiger partial charge in [-0.2, -0.15) is 0 Å². The van der Waals surface area contributed by atoms with Gasteiger partial charge >= 0.3 is 6.09 Å². The fraction of sp³-hybridized carbons (Fsp3) is 0.500. The maximum absolute atomic E-state index is 11.9. The Balaban J connectivity index is 2.25. The molecule has 0 saturated carbocycles. The second-order valence-corrected chi connectivity index (χ2v) is 5.97. The lowest BCUT2D eigenvalue weighted by molar-refractivity contribution is -0.127. The third-order valence-electron chi connectivity index (χ3n) is 2.61. The number of alkyl carbamates (subject to hydrolysis) is 1. The van der Waals surface area contributed by atoms with Gasteiger partial charge in [-0.15, -0.1) is 0 Å². The number of phenols is 1. The molecule has 0 aliphatic carbocycles. The Bertz CT molecular complexity index is 522. The van der Waals surface area contributed by atoms with Gasteiger partial charge in [-0.25, -0.2) is 4.79 Å². The summed E-state index contributed by atoms with van der Waals surface area (Å²) in [5.41, 5.74) is -0.556. The van der Waals surface area contributed by atoms with Crippen molar-refractivity contribution in [2.75, 3.05) is 13.1 Å². The molecule has 3 N–H and O–H groups in total. The molecule has 0 aliphatic rings. The van der Waals surface area contributed by atoms with E-state index in [1.165, 1.54) is 12.1 Å². The van der Waals surface area contributed by atoms with Crippen LogP contribution in [0.5, 0.6) is 11.5 Å². The maximum atomic E-state index is 11.9. The molecule has 7 heteroatoms. The van der Waals surface area contributed by atoms with Gasteiger partial charge in [-0.3, -0.25) is 4.79 Å². The van der Waals surface area contributed by atoms with Crippen molar-refractivity contribution in [2.24, 2.45) is 0 Å². The van der Waals surface area contributed by atoms with E-state index in [-0.39, 0.29) is 24.7 Å². The van der Waals surface area contributed by atoms with Crippen LogP contribution in [-0.2, 0) is 9.53 Å². The minimum absolute atomic E-state index is 0.127. The van der Waals surface area contributed by atoms with Crippen molar-refractivity contribution < 1.29 is 24.2 Å². The Kier molecular flexibility index (Phi) is 6.68. The lowest BCUT2D eigenvalue weighted by Gasteiger charge is -2.20. The van der Waals surface area contributed by atoms with Crippen molar-refractivity contribution in [2.45, 2.75) is 39.4 Å². The molecule has 0 spiro atoms. The van der Waals surface area contributed by atoms with Gasteiger partial charge < -0.3 is 25.2 Å². The number of ether oxygens (including phenoxy) is 2. The van der Waals surface area contributed by atoms with Crippen LogP contribution in [0.1, 0.15) is 27.7 Å². The molecule has 2 amide bonds. The normalized spacial score (nSPS) is 12.2. The second kappa shape index (κ2) is 8.26. The van der Waals surface area contributed by atoms with E-state index in [2.05, 4.69) is 10.6 Å². The molecule has 1 atom stereocenters. The van der Waals surface area contributed by atoms with Gasteiger partial charge in [0.2, 0.25) is 0 Å². The van der Waals surface area contributed by atoms with Gasteiger partial charge in [-0.05, 0) is 52.0 Å². The molecule has 1 rings (SSSR count). The lowest BCUT2D eigenvalue weighted by atomic mass is 10.2. The molecule has 0 saturated heterocycles. The maximum Gasteiger partial charge on any atom is 0.407 e. The van der Waals surface area contributed by atoms with Gasteiger partial charge in [0.15, 0.2) is 6.10 Å². The molecule has 1 unspecified atom stereocenters. The molecule has 0 aromatic heterocycles. The van der Waals surface area contributed by atoms with Crippen LogP contribution < -0.4 is 15.4 Å². The summed E-state index contributed by atoms with van der Waals surface area (Å²) >= 11 is 0. The predicted molar refractivity (Wildman–Crippen MR) is 85.4 cm³/mol. The van der Waals surface area contributed by atoms with Crippen LogP contribution in [0.2, 0.25) is 0 Å². The van der Waals surface area contributed by atoms with Crippen LogP contribution in [0, 0.1) is 0 Å². The smallest absolute Gasteiger partial charge is 0.407 e. The van der Waals surface area contributed by atoms with Gasteiger partial charge in [0.1, 0.15) is 17.1 Å². The Hall–Kier alpha value is -2.44. The average molecular weight is 324 g/mol. The first-order valence-corrected chi connectivity index (χ1v) is 7.37. The summed E-state index contributed by atoms with van der Waals surface area (Å²) in [5, 5.41) is 14.4. The fourth-order valence-corrected chi connectivity index (χ4v) is 1.59. The van der Waals surface area contributed by atoms with E-state index >= 15 is 0 Å². The van der Waals surface area contributed by atoms with E-state index in [0.717, 1.165) is 0 Å². The molecule has 0 heterocycles. The number of phenolic OH excluding ortho intramolecular Hbond substituents is 1. The molecular weight excluding hydrogens is 300 g/mol. The van der Waals surface area contributed by atoms with Crippen LogP contribution >= 0.6 is 0 Å². The van der Waals surface area contributed by atoms with Crippen LogP contribution in [0.15, 0.2) is 24.3 Å². The van der Waals surface area contributed by atoms with E-state index in [9.17, 15) is 14.7 Å². The summed E-state index contributed by atoms with van der Waals surface area (Å²) < 4.78 is 10.5. The Morgan fingerprint density at radius 3 is 2.26 bits per heavy atom. The van der Waals surface area contributed by atoms with E-state index in [0.29, 0.717) is 5.75 Å². The highest BCUT2D eigenvalue weighted by molar-refractivity contribution is 5.80. The third-order valence-corrected chi connectivity index (χ3v) is 2.61. The zero-order chi connectivity index (χ0) is 17.5. The summed E-state index contributed by atoms with van der Waals surface area (Å²) in [7, 11) is 0. The highest BCUT2D eigenvalue weighted by atomic mass is 16.6. The predicted octanol–water partition coefficient (Wildman–Crippen LogP) is 1.80. The van der Waals surface area contributed by atoms with Crippen molar-refractivity contribution in [3.05, 3.63) is 24.3 Å². The number of aromatic hydroxyl groups is 1. The summed E-state index contributed by atoms with van der Waals surface area (Å²) in [6, 6.07) is 6.10. The topological polar surface area (TPSA) is 96.9 Å². The van der Waals surface area contributed by atoms with Crippen molar-refractivity contribution in [3.63, 3.8) is 0 Å². The van der Waals surface area contributed by atoms with Crippen molar-refractivity contribution in [3.8, 4) is 11.5 Å². The fourth-order valence-electron chi connectivity index (χ4n) is 1.59. The Morgan fingerprint density at radius 2 is 1.70 bits per heavy atom. The number of nitrogens with one attached hydrogen (secondary N) is 2. The first-order valence-electron chi connectivity index (χ1n) is 7.37. The van der Waals surface area contributed by atoms with Crippen molar-refractivity contribution in [1.29, 1.82) is 0 Å². The highest BCUT2D eigenvalue weighted by Crippen LogP contribution is 2.17. The Morgan fingerprint density at radius 1 is 1.13 bits per heavy atom. The van der Waals surface area contributed by atoms with Gasteiger partial charge in [0, 0.05) is 13.1 Å². The number of carbonyl (C=O) groups is 2. The minimum atomic E-state index is -0.693. The summed E-state index contributed by atoms with van der Waals surface area (Å²) in [5.74, 6) is 0.309.